The second kappa shape index (κ2) is 8.15. The van der Waals surface area contributed by atoms with Gasteiger partial charge in [0.15, 0.2) is 0 Å². The van der Waals surface area contributed by atoms with Gasteiger partial charge in [0.05, 0.1) is 0 Å². The minimum atomic E-state index is -4.30. The van der Waals surface area contributed by atoms with Crippen molar-refractivity contribution >= 4 is 15.7 Å². The Bertz CT molecular complexity index is 1330. The van der Waals surface area contributed by atoms with Gasteiger partial charge in [0, 0.05) is 24.1 Å². The van der Waals surface area contributed by atoms with Crippen LogP contribution in [0.5, 0.6) is 11.6 Å². The van der Waals surface area contributed by atoms with Gasteiger partial charge in [-0.2, -0.15) is 4.98 Å². The van der Waals surface area contributed by atoms with Crippen molar-refractivity contribution in [1.82, 2.24) is 14.5 Å². The highest BCUT2D eigenvalue weighted by Crippen LogP contribution is 2.25. The molecule has 2 aromatic heterocycles. The number of benzene rings is 2. The van der Waals surface area contributed by atoms with Gasteiger partial charge in [-0.25, -0.2) is 22.2 Å². The van der Waals surface area contributed by atoms with E-state index in [1.54, 1.807) is 13.0 Å². The molecule has 0 saturated heterocycles. The zero-order chi connectivity index (χ0) is 22.0. The molecular weight excluding hydrogens is 426 g/mol. The van der Waals surface area contributed by atoms with Crippen molar-refractivity contribution < 1.29 is 21.9 Å². The molecule has 0 unspecified atom stereocenters. The van der Waals surface area contributed by atoms with Crippen molar-refractivity contribution in [3.8, 4) is 17.4 Å². The molecule has 0 amide bonds. The summed E-state index contributed by atoms with van der Waals surface area (Å²) >= 11 is 0. The van der Waals surface area contributed by atoms with E-state index in [2.05, 4.69) is 14.7 Å². The molecule has 0 aliphatic carbocycles. The lowest BCUT2D eigenvalue weighted by atomic mass is 10.3. The van der Waals surface area contributed by atoms with Gasteiger partial charge < -0.3 is 9.30 Å². The molecule has 0 aliphatic rings. The van der Waals surface area contributed by atoms with Crippen molar-refractivity contribution in [1.29, 1.82) is 0 Å². The molecular formula is C21H16F2N4O3S. The third-order valence-electron chi connectivity index (χ3n) is 4.18. The van der Waals surface area contributed by atoms with Gasteiger partial charge in [-0.15, -0.1) is 0 Å². The average molecular weight is 442 g/mol. The Hall–Kier alpha value is -3.79. The number of anilines is 1. The normalized spacial score (nSPS) is 11.3. The van der Waals surface area contributed by atoms with Crippen LogP contribution in [-0.2, 0) is 10.0 Å². The van der Waals surface area contributed by atoms with E-state index in [0.29, 0.717) is 29.3 Å². The molecule has 2 heterocycles. The summed E-state index contributed by atoms with van der Waals surface area (Å²) in [6.07, 6.45) is 3.68. The van der Waals surface area contributed by atoms with Crippen LogP contribution in [0.1, 0.15) is 5.82 Å². The maximum atomic E-state index is 13.8. The van der Waals surface area contributed by atoms with E-state index in [1.165, 1.54) is 24.3 Å². The highest BCUT2D eigenvalue weighted by Gasteiger charge is 2.20. The van der Waals surface area contributed by atoms with E-state index in [4.69, 9.17) is 4.74 Å². The zero-order valence-electron chi connectivity index (χ0n) is 16.2. The number of aromatic nitrogens is 3. The van der Waals surface area contributed by atoms with Crippen molar-refractivity contribution in [2.45, 2.75) is 11.8 Å². The van der Waals surface area contributed by atoms with Crippen LogP contribution < -0.4 is 9.46 Å². The Kier molecular flexibility index (Phi) is 5.38. The van der Waals surface area contributed by atoms with Crippen LogP contribution in [-0.4, -0.2) is 23.0 Å². The van der Waals surface area contributed by atoms with Gasteiger partial charge >= 0.3 is 0 Å². The second-order valence-corrected chi connectivity index (χ2v) is 8.16. The predicted molar refractivity (Wildman–Crippen MR) is 110 cm³/mol. The summed E-state index contributed by atoms with van der Waals surface area (Å²) in [5, 5.41) is 0. The maximum absolute atomic E-state index is 13.8. The number of hydrogen-bond acceptors (Lipinski definition) is 5. The number of ether oxygens (including phenoxy) is 1. The SMILES string of the molecule is Cc1nc(Oc2ccc(NS(=O)(=O)c3cc(F)ccc3F)cc2)cc(-n2cccc2)n1. The maximum Gasteiger partial charge on any atom is 0.264 e. The summed E-state index contributed by atoms with van der Waals surface area (Å²) in [5.74, 6) is -0.0454. The van der Waals surface area contributed by atoms with Crippen LogP contribution in [0.3, 0.4) is 0 Å². The Morgan fingerprint density at radius 3 is 2.39 bits per heavy atom. The van der Waals surface area contributed by atoms with E-state index in [1.807, 2.05) is 29.1 Å². The molecule has 0 spiro atoms. The predicted octanol–water partition coefficient (Wildman–Crippen LogP) is 4.45. The molecule has 0 fully saturated rings. The number of nitrogens with zero attached hydrogens (tertiary/aromatic N) is 3. The molecule has 0 aliphatic heterocycles. The first-order valence-electron chi connectivity index (χ1n) is 9.05. The Labute approximate surface area is 177 Å². The van der Waals surface area contributed by atoms with E-state index in [9.17, 15) is 17.2 Å². The smallest absolute Gasteiger partial charge is 0.264 e. The summed E-state index contributed by atoms with van der Waals surface area (Å²) in [6.45, 7) is 1.74. The molecule has 158 valence electrons. The largest absolute Gasteiger partial charge is 0.439 e. The third-order valence-corrected chi connectivity index (χ3v) is 5.58. The van der Waals surface area contributed by atoms with Crippen molar-refractivity contribution in [2.24, 2.45) is 0 Å². The van der Waals surface area contributed by atoms with E-state index < -0.39 is 26.6 Å². The lowest BCUT2D eigenvalue weighted by Gasteiger charge is -2.11. The van der Waals surface area contributed by atoms with Crippen molar-refractivity contribution in [3.05, 3.63) is 90.5 Å². The van der Waals surface area contributed by atoms with Gasteiger partial charge in [-0.1, -0.05) is 0 Å². The van der Waals surface area contributed by atoms with E-state index in [-0.39, 0.29) is 5.69 Å². The fourth-order valence-electron chi connectivity index (χ4n) is 2.80. The number of nitrogens with one attached hydrogen (secondary N) is 1. The van der Waals surface area contributed by atoms with Gasteiger partial charge in [-0.05, 0) is 61.5 Å². The molecule has 2 aromatic carbocycles. The van der Waals surface area contributed by atoms with E-state index in [0.717, 1.165) is 12.1 Å². The number of rotatable bonds is 6. The van der Waals surface area contributed by atoms with Crippen LogP contribution in [0, 0.1) is 18.6 Å². The molecule has 10 heteroatoms. The lowest BCUT2D eigenvalue weighted by molar-refractivity contribution is 0.459. The molecule has 31 heavy (non-hydrogen) atoms. The zero-order valence-corrected chi connectivity index (χ0v) is 17.0. The van der Waals surface area contributed by atoms with Gasteiger partial charge in [-0.3, -0.25) is 4.72 Å². The highest BCUT2D eigenvalue weighted by molar-refractivity contribution is 7.92. The molecule has 0 saturated carbocycles. The minimum Gasteiger partial charge on any atom is -0.439 e. The van der Waals surface area contributed by atoms with Crippen molar-refractivity contribution in [2.75, 3.05) is 4.72 Å². The van der Waals surface area contributed by atoms with Crippen LogP contribution in [0.2, 0.25) is 0 Å². The van der Waals surface area contributed by atoms with Gasteiger partial charge in [0.2, 0.25) is 5.88 Å². The third kappa shape index (κ3) is 4.69. The quantitative estimate of drug-likeness (QED) is 0.477. The molecule has 4 rings (SSSR count). The lowest BCUT2D eigenvalue weighted by Crippen LogP contribution is -2.14. The van der Waals surface area contributed by atoms with Crippen LogP contribution in [0.4, 0.5) is 14.5 Å². The topological polar surface area (TPSA) is 86.1 Å². The fourth-order valence-corrected chi connectivity index (χ4v) is 3.95. The monoisotopic (exact) mass is 442 g/mol. The summed E-state index contributed by atoms with van der Waals surface area (Å²) < 4.78 is 61.7. The number of aryl methyl sites for hydroxylation is 1. The minimum absolute atomic E-state index is 0.155. The Balaban J connectivity index is 1.52. The molecule has 0 radical (unpaired) electrons. The van der Waals surface area contributed by atoms with Crippen molar-refractivity contribution in [3.63, 3.8) is 0 Å². The molecule has 0 bridgehead atoms. The molecule has 4 aromatic rings. The first kappa shape index (κ1) is 20.5. The standard InChI is InChI=1S/C21H16F2N4O3S/c1-14-24-20(27-10-2-3-11-27)13-21(25-14)30-17-7-5-16(6-8-17)26-31(28,29)19-12-15(22)4-9-18(19)23/h2-13,26H,1H3. The summed E-state index contributed by atoms with van der Waals surface area (Å²) in [4.78, 5) is 7.82. The summed E-state index contributed by atoms with van der Waals surface area (Å²) in [7, 11) is -4.30. The molecule has 7 nitrogen and oxygen atoms in total. The van der Waals surface area contributed by atoms with Crippen LogP contribution in [0.25, 0.3) is 5.82 Å². The van der Waals surface area contributed by atoms with Crippen LogP contribution >= 0.6 is 0 Å². The summed E-state index contributed by atoms with van der Waals surface area (Å²) in [5.41, 5.74) is 0.155. The number of hydrogen-bond donors (Lipinski definition) is 1. The molecule has 1 N–H and O–H groups in total. The Morgan fingerprint density at radius 1 is 0.968 bits per heavy atom. The average Bonchev–Trinajstić information content (AvgIpc) is 3.26. The van der Waals surface area contributed by atoms with Crippen LogP contribution in [0.15, 0.2) is 78.0 Å². The van der Waals surface area contributed by atoms with E-state index >= 15 is 0 Å². The second-order valence-electron chi connectivity index (χ2n) is 6.51. The highest BCUT2D eigenvalue weighted by atomic mass is 32.2. The van der Waals surface area contributed by atoms with Gasteiger partial charge in [0.25, 0.3) is 10.0 Å². The number of sulfonamides is 1. The Morgan fingerprint density at radius 2 is 1.68 bits per heavy atom. The number of halogens is 2. The summed E-state index contributed by atoms with van der Waals surface area (Å²) in [6, 6.07) is 13.5. The fraction of sp³-hybridized carbons (Fsp3) is 0.0476. The molecule has 0 atom stereocenters. The first-order valence-corrected chi connectivity index (χ1v) is 10.5. The first-order chi connectivity index (χ1) is 14.8. The van der Waals surface area contributed by atoms with Gasteiger partial charge in [0.1, 0.15) is 33.9 Å².